The first-order valence-corrected chi connectivity index (χ1v) is 10.8. The van der Waals surface area contributed by atoms with Crippen LogP contribution < -0.4 is 0 Å². The van der Waals surface area contributed by atoms with Gasteiger partial charge in [0, 0.05) is 11.8 Å². The van der Waals surface area contributed by atoms with Gasteiger partial charge >= 0.3 is 0 Å². The average Bonchev–Trinajstić information content (AvgIpc) is 2.68. The average molecular weight is 417 g/mol. The van der Waals surface area contributed by atoms with Gasteiger partial charge in [0.15, 0.2) is 18.2 Å². The van der Waals surface area contributed by atoms with Crippen molar-refractivity contribution in [3.63, 3.8) is 0 Å². The second-order valence-electron chi connectivity index (χ2n) is 9.67. The molecule has 0 radical (unpaired) electrons. The summed E-state index contributed by atoms with van der Waals surface area (Å²) in [5.74, 6) is -0.996. The van der Waals surface area contributed by atoms with Gasteiger partial charge in [0.05, 0.1) is 45.2 Å². The number of rotatable bonds is 3. The number of hydrogen-bond acceptors (Lipinski definition) is 8. The summed E-state index contributed by atoms with van der Waals surface area (Å²) in [6.45, 7) is 13.0. The molecule has 8 heteroatoms. The predicted octanol–water partition coefficient (Wildman–Crippen LogP) is 2.58. The van der Waals surface area contributed by atoms with Crippen LogP contribution in [0.25, 0.3) is 0 Å². The lowest BCUT2D eigenvalue weighted by molar-refractivity contribution is -0.457. The third-order valence-electron chi connectivity index (χ3n) is 6.01. The van der Waals surface area contributed by atoms with E-state index in [4.69, 9.17) is 37.9 Å². The van der Waals surface area contributed by atoms with E-state index in [1.165, 1.54) is 0 Å². The molecule has 29 heavy (non-hydrogen) atoms. The van der Waals surface area contributed by atoms with Crippen LogP contribution in [0.2, 0.25) is 0 Å². The summed E-state index contributed by atoms with van der Waals surface area (Å²) in [5.41, 5.74) is -1.03. The number of ether oxygens (including phenoxy) is 8. The molecule has 4 heterocycles. The summed E-state index contributed by atoms with van der Waals surface area (Å²) in [6.07, 6.45) is 0.291. The Bertz CT molecular complexity index is 543. The second-order valence-corrected chi connectivity index (χ2v) is 9.67. The maximum Gasteiger partial charge on any atom is 0.217 e. The quantitative estimate of drug-likeness (QED) is 0.695. The molecule has 168 valence electrons. The fraction of sp³-hybridized carbons (Fsp3) is 1.00. The third-order valence-corrected chi connectivity index (χ3v) is 6.01. The summed E-state index contributed by atoms with van der Waals surface area (Å²) < 4.78 is 49.2. The molecule has 8 nitrogen and oxygen atoms in total. The molecule has 0 aromatic carbocycles. The van der Waals surface area contributed by atoms with Crippen LogP contribution in [0.4, 0.5) is 0 Å². The van der Waals surface area contributed by atoms with Crippen molar-refractivity contribution in [3.05, 3.63) is 0 Å². The second kappa shape index (κ2) is 8.31. The topological polar surface area (TPSA) is 73.8 Å². The van der Waals surface area contributed by atoms with Crippen LogP contribution in [0, 0.1) is 5.41 Å². The van der Waals surface area contributed by atoms with Crippen LogP contribution in [0.1, 0.15) is 53.9 Å². The fourth-order valence-electron chi connectivity index (χ4n) is 4.36. The van der Waals surface area contributed by atoms with Crippen molar-refractivity contribution in [2.24, 2.45) is 5.41 Å². The highest BCUT2D eigenvalue weighted by atomic mass is 16.8. The molecule has 0 aromatic rings. The Labute approximate surface area is 173 Å². The highest BCUT2D eigenvalue weighted by molar-refractivity contribution is 4.97. The van der Waals surface area contributed by atoms with E-state index in [0.717, 1.165) is 12.8 Å². The third kappa shape index (κ3) is 4.50. The van der Waals surface area contributed by atoms with Crippen LogP contribution in [0.3, 0.4) is 0 Å². The highest BCUT2D eigenvalue weighted by Crippen LogP contribution is 2.44. The van der Waals surface area contributed by atoms with Crippen molar-refractivity contribution < 1.29 is 37.9 Å². The minimum atomic E-state index is -0.996. The van der Waals surface area contributed by atoms with Crippen molar-refractivity contribution >= 4 is 0 Å². The lowest BCUT2D eigenvalue weighted by atomic mass is 9.91. The van der Waals surface area contributed by atoms with E-state index in [2.05, 4.69) is 27.7 Å². The van der Waals surface area contributed by atoms with Crippen molar-refractivity contribution in [1.29, 1.82) is 0 Å². The van der Waals surface area contributed by atoms with Gasteiger partial charge in [-0.3, -0.25) is 0 Å². The molecule has 0 spiro atoms. The molecule has 4 aliphatic rings. The lowest BCUT2D eigenvalue weighted by Gasteiger charge is -2.54. The highest BCUT2D eigenvalue weighted by Gasteiger charge is 2.60. The van der Waals surface area contributed by atoms with E-state index in [0.29, 0.717) is 39.5 Å². The Morgan fingerprint density at radius 2 is 1.34 bits per heavy atom. The molecule has 4 unspecified atom stereocenters. The summed E-state index contributed by atoms with van der Waals surface area (Å²) >= 11 is 0. The van der Waals surface area contributed by atoms with Crippen molar-refractivity contribution in [2.75, 3.05) is 33.0 Å². The molecule has 0 N–H and O–H groups in total. The van der Waals surface area contributed by atoms with Crippen molar-refractivity contribution in [3.8, 4) is 0 Å². The molecule has 0 amide bonds. The Balaban J connectivity index is 1.61. The Morgan fingerprint density at radius 3 is 1.97 bits per heavy atom. The largest absolute Gasteiger partial charge is 0.349 e. The van der Waals surface area contributed by atoms with Gasteiger partial charge in [-0.15, -0.1) is 0 Å². The van der Waals surface area contributed by atoms with Crippen LogP contribution in [-0.2, 0) is 37.9 Å². The smallest absolute Gasteiger partial charge is 0.217 e. The Kier molecular flexibility index (Phi) is 6.28. The van der Waals surface area contributed by atoms with Gasteiger partial charge in [0.25, 0.3) is 0 Å². The van der Waals surface area contributed by atoms with E-state index in [1.54, 1.807) is 0 Å². The van der Waals surface area contributed by atoms with Crippen molar-refractivity contribution in [2.45, 2.75) is 96.3 Å². The van der Waals surface area contributed by atoms with Crippen LogP contribution in [0.15, 0.2) is 0 Å². The van der Waals surface area contributed by atoms with E-state index in [1.807, 2.05) is 6.92 Å². The van der Waals surface area contributed by atoms with Crippen LogP contribution >= 0.6 is 0 Å². The SMILES string of the molecule is CC1CC(C)OC(C2(C3OCC(C)(C)CO3)CCOC(C3(C)OCCCO3)O2)O1. The summed E-state index contributed by atoms with van der Waals surface area (Å²) in [5, 5.41) is 0. The zero-order valence-electron chi connectivity index (χ0n) is 18.3. The maximum absolute atomic E-state index is 6.59. The molecule has 4 fully saturated rings. The van der Waals surface area contributed by atoms with Gasteiger partial charge in [0.1, 0.15) is 0 Å². The summed E-state index contributed by atoms with van der Waals surface area (Å²) in [7, 11) is 0. The van der Waals surface area contributed by atoms with Gasteiger partial charge in [-0.05, 0) is 33.6 Å². The van der Waals surface area contributed by atoms with E-state index in [-0.39, 0.29) is 17.6 Å². The molecule has 0 aromatic heterocycles. The number of hydrogen-bond donors (Lipinski definition) is 0. The summed E-state index contributed by atoms with van der Waals surface area (Å²) in [4.78, 5) is 0. The molecule has 4 saturated heterocycles. The molecule has 4 aliphatic heterocycles. The zero-order chi connectivity index (χ0) is 20.7. The standard InChI is InChI=1S/C21H36O8/c1-14-11-15(2)28-18(27-14)21(17-23-12-19(3,4)13-24-17)7-10-22-16(29-21)20(5)25-8-6-9-26-20/h14-18H,6-13H2,1-5H3. The van der Waals surface area contributed by atoms with E-state index >= 15 is 0 Å². The Morgan fingerprint density at radius 1 is 0.724 bits per heavy atom. The molecular formula is C21H36O8. The molecule has 4 rings (SSSR count). The van der Waals surface area contributed by atoms with Gasteiger partial charge in [-0.2, -0.15) is 0 Å². The monoisotopic (exact) mass is 416 g/mol. The minimum absolute atomic E-state index is 0.0447. The predicted molar refractivity (Wildman–Crippen MR) is 102 cm³/mol. The maximum atomic E-state index is 6.59. The molecule has 0 aliphatic carbocycles. The normalized spacial score (nSPS) is 43.8. The first kappa shape index (κ1) is 21.9. The van der Waals surface area contributed by atoms with Crippen LogP contribution in [0.5, 0.6) is 0 Å². The van der Waals surface area contributed by atoms with Crippen molar-refractivity contribution in [1.82, 2.24) is 0 Å². The summed E-state index contributed by atoms with van der Waals surface area (Å²) in [6, 6.07) is 0. The first-order valence-electron chi connectivity index (χ1n) is 10.8. The van der Waals surface area contributed by atoms with Gasteiger partial charge < -0.3 is 37.9 Å². The minimum Gasteiger partial charge on any atom is -0.349 e. The van der Waals surface area contributed by atoms with Gasteiger partial charge in [-0.25, -0.2) is 0 Å². The zero-order valence-corrected chi connectivity index (χ0v) is 18.3. The molecular weight excluding hydrogens is 380 g/mol. The van der Waals surface area contributed by atoms with E-state index in [9.17, 15) is 0 Å². The first-order chi connectivity index (χ1) is 13.7. The molecule has 0 bridgehead atoms. The van der Waals surface area contributed by atoms with Gasteiger partial charge in [-0.1, -0.05) is 13.8 Å². The lowest BCUT2D eigenvalue weighted by Crippen LogP contribution is -2.68. The fourth-order valence-corrected chi connectivity index (χ4v) is 4.36. The Hall–Kier alpha value is -0.320. The molecule has 4 atom stereocenters. The van der Waals surface area contributed by atoms with Crippen LogP contribution in [-0.4, -0.2) is 75.5 Å². The van der Waals surface area contributed by atoms with Gasteiger partial charge in [0.2, 0.25) is 12.1 Å². The molecule has 0 saturated carbocycles. The van der Waals surface area contributed by atoms with E-state index < -0.39 is 30.3 Å².